The van der Waals surface area contributed by atoms with Gasteiger partial charge in [0.15, 0.2) is 0 Å². The summed E-state index contributed by atoms with van der Waals surface area (Å²) in [4.78, 5) is 52.7. The molecule has 182 valence electrons. The highest BCUT2D eigenvalue weighted by Gasteiger charge is 2.37. The molecule has 0 unspecified atom stereocenters. The first-order valence-corrected chi connectivity index (χ1v) is 12.2. The van der Waals surface area contributed by atoms with Crippen molar-refractivity contribution in [3.63, 3.8) is 0 Å². The van der Waals surface area contributed by atoms with Gasteiger partial charge in [0.05, 0.1) is 16.8 Å². The minimum Gasteiger partial charge on any atom is -0.322 e. The molecule has 2 N–H and O–H groups in total. The van der Waals surface area contributed by atoms with Gasteiger partial charge in [-0.2, -0.15) is 0 Å². The summed E-state index contributed by atoms with van der Waals surface area (Å²) in [7, 11) is 0. The maximum atomic E-state index is 13.3. The lowest BCUT2D eigenvalue weighted by Crippen LogP contribution is -2.29. The number of aryl methyl sites for hydroxylation is 1. The Bertz CT molecular complexity index is 1580. The summed E-state index contributed by atoms with van der Waals surface area (Å²) in [5.74, 6) is -1.61. The zero-order chi connectivity index (χ0) is 26.1. The SMILES string of the molecule is Cc1ccccc1C(=O)Nc1cccc(N2C(=O)c3ccc(NC(=O)c4ccc(Br)cc4)cc3C2=O)c1. The van der Waals surface area contributed by atoms with Gasteiger partial charge in [-0.3, -0.25) is 19.2 Å². The van der Waals surface area contributed by atoms with E-state index >= 15 is 0 Å². The minimum atomic E-state index is -0.512. The molecule has 0 atom stereocenters. The van der Waals surface area contributed by atoms with Crippen molar-refractivity contribution in [3.8, 4) is 0 Å². The molecule has 0 fully saturated rings. The van der Waals surface area contributed by atoms with Crippen molar-refractivity contribution in [1.29, 1.82) is 0 Å². The quantitative estimate of drug-likeness (QED) is 0.293. The third-order valence-corrected chi connectivity index (χ3v) is 6.53. The molecular formula is C29H20BrN3O4. The Labute approximate surface area is 221 Å². The largest absolute Gasteiger partial charge is 0.322 e. The number of imide groups is 1. The molecule has 4 aromatic carbocycles. The monoisotopic (exact) mass is 553 g/mol. The normalized spacial score (nSPS) is 12.3. The van der Waals surface area contributed by atoms with Gasteiger partial charge in [-0.25, -0.2) is 4.90 Å². The van der Waals surface area contributed by atoms with E-state index in [1.54, 1.807) is 66.7 Å². The van der Waals surface area contributed by atoms with E-state index in [0.29, 0.717) is 28.2 Å². The van der Waals surface area contributed by atoms with Gasteiger partial charge in [0.1, 0.15) is 0 Å². The molecule has 8 heteroatoms. The molecule has 1 aliphatic rings. The van der Waals surface area contributed by atoms with Gasteiger partial charge in [0.25, 0.3) is 23.6 Å². The van der Waals surface area contributed by atoms with Crippen LogP contribution in [0, 0.1) is 6.92 Å². The molecule has 0 saturated heterocycles. The van der Waals surface area contributed by atoms with Crippen LogP contribution in [0.5, 0.6) is 0 Å². The highest BCUT2D eigenvalue weighted by Crippen LogP contribution is 2.32. The van der Waals surface area contributed by atoms with Crippen LogP contribution in [0.4, 0.5) is 17.1 Å². The molecule has 0 saturated carbocycles. The van der Waals surface area contributed by atoms with Crippen molar-refractivity contribution in [2.75, 3.05) is 15.5 Å². The first-order valence-electron chi connectivity index (χ1n) is 11.4. The van der Waals surface area contributed by atoms with Gasteiger partial charge in [0.2, 0.25) is 0 Å². The van der Waals surface area contributed by atoms with Gasteiger partial charge >= 0.3 is 0 Å². The van der Waals surface area contributed by atoms with Crippen LogP contribution in [-0.4, -0.2) is 23.6 Å². The standard InChI is InChI=1S/C29H20BrN3O4/c1-17-5-2-3-8-23(17)27(35)32-20-6-4-7-22(15-20)33-28(36)24-14-13-21(16-25(24)29(33)37)31-26(34)18-9-11-19(30)12-10-18/h2-16H,1H3,(H,31,34)(H,32,35). The smallest absolute Gasteiger partial charge is 0.266 e. The Morgan fingerprint density at radius 3 is 2.14 bits per heavy atom. The number of hydrogen-bond donors (Lipinski definition) is 2. The van der Waals surface area contributed by atoms with E-state index in [0.717, 1.165) is 14.9 Å². The number of amides is 4. The number of fused-ring (bicyclic) bond motifs is 1. The summed E-state index contributed by atoms with van der Waals surface area (Å²) < 4.78 is 0.851. The number of nitrogens with one attached hydrogen (secondary N) is 2. The van der Waals surface area contributed by atoms with Crippen LogP contribution < -0.4 is 15.5 Å². The molecule has 7 nitrogen and oxygen atoms in total. The maximum absolute atomic E-state index is 13.3. The van der Waals surface area contributed by atoms with Crippen LogP contribution in [0.15, 0.2) is 95.5 Å². The fourth-order valence-electron chi connectivity index (χ4n) is 4.11. The summed E-state index contributed by atoms with van der Waals surface area (Å²) >= 11 is 3.34. The lowest BCUT2D eigenvalue weighted by atomic mass is 10.1. The molecular weight excluding hydrogens is 534 g/mol. The average Bonchev–Trinajstić information content (AvgIpc) is 3.14. The van der Waals surface area contributed by atoms with Crippen molar-refractivity contribution in [1.82, 2.24) is 0 Å². The van der Waals surface area contributed by atoms with Gasteiger partial charge < -0.3 is 10.6 Å². The maximum Gasteiger partial charge on any atom is 0.266 e. The number of anilines is 3. The molecule has 1 aliphatic heterocycles. The van der Waals surface area contributed by atoms with Gasteiger partial charge in [0, 0.05) is 27.0 Å². The van der Waals surface area contributed by atoms with Crippen molar-refractivity contribution in [3.05, 3.63) is 123 Å². The number of carbonyl (C=O) groups is 4. The van der Waals surface area contributed by atoms with Crippen LogP contribution in [0.3, 0.4) is 0 Å². The second-order valence-corrected chi connectivity index (χ2v) is 9.40. The van der Waals surface area contributed by atoms with Crippen LogP contribution in [0.25, 0.3) is 0 Å². The van der Waals surface area contributed by atoms with Crippen molar-refractivity contribution >= 4 is 56.6 Å². The van der Waals surface area contributed by atoms with Gasteiger partial charge in [-0.15, -0.1) is 0 Å². The zero-order valence-corrected chi connectivity index (χ0v) is 21.2. The molecule has 4 aromatic rings. The molecule has 37 heavy (non-hydrogen) atoms. The highest BCUT2D eigenvalue weighted by atomic mass is 79.9. The molecule has 5 rings (SSSR count). The summed E-state index contributed by atoms with van der Waals surface area (Å²) in [6.45, 7) is 1.85. The topological polar surface area (TPSA) is 95.6 Å². The minimum absolute atomic E-state index is 0.188. The Morgan fingerprint density at radius 1 is 0.703 bits per heavy atom. The molecule has 0 aromatic heterocycles. The lowest BCUT2D eigenvalue weighted by molar-refractivity contribution is 0.0924. The predicted molar refractivity (Wildman–Crippen MR) is 145 cm³/mol. The second kappa shape index (κ2) is 9.83. The van der Waals surface area contributed by atoms with E-state index in [-0.39, 0.29) is 22.9 Å². The average molecular weight is 554 g/mol. The highest BCUT2D eigenvalue weighted by molar-refractivity contribution is 9.10. The summed E-state index contributed by atoms with van der Waals surface area (Å²) in [6, 6.07) is 25.2. The van der Waals surface area contributed by atoms with Crippen LogP contribution in [0.2, 0.25) is 0 Å². The Balaban J connectivity index is 1.36. The van der Waals surface area contributed by atoms with Gasteiger partial charge in [-0.1, -0.05) is 40.2 Å². The van der Waals surface area contributed by atoms with Crippen LogP contribution in [0.1, 0.15) is 47.0 Å². The molecule has 0 bridgehead atoms. The van der Waals surface area contributed by atoms with Crippen LogP contribution in [-0.2, 0) is 0 Å². The zero-order valence-electron chi connectivity index (χ0n) is 19.6. The van der Waals surface area contributed by atoms with Crippen molar-refractivity contribution < 1.29 is 19.2 Å². The third-order valence-electron chi connectivity index (χ3n) is 6.00. The molecule has 1 heterocycles. The summed E-state index contributed by atoms with van der Waals surface area (Å²) in [6.07, 6.45) is 0. The number of nitrogens with zero attached hydrogens (tertiary/aromatic N) is 1. The van der Waals surface area contributed by atoms with Gasteiger partial charge in [-0.05, 0) is 79.2 Å². The first-order chi connectivity index (χ1) is 17.8. The van der Waals surface area contributed by atoms with E-state index in [4.69, 9.17) is 0 Å². The fourth-order valence-corrected chi connectivity index (χ4v) is 4.37. The van der Waals surface area contributed by atoms with Crippen LogP contribution >= 0.6 is 15.9 Å². The Kier molecular flexibility index (Phi) is 6.42. The number of benzene rings is 4. The van der Waals surface area contributed by atoms with Crippen molar-refractivity contribution in [2.24, 2.45) is 0 Å². The molecule has 0 radical (unpaired) electrons. The third kappa shape index (κ3) is 4.79. The molecule has 0 spiro atoms. The Hall–Kier alpha value is -4.56. The van der Waals surface area contributed by atoms with E-state index in [1.807, 2.05) is 19.1 Å². The van der Waals surface area contributed by atoms with Crippen molar-refractivity contribution in [2.45, 2.75) is 6.92 Å². The van der Waals surface area contributed by atoms with E-state index in [2.05, 4.69) is 26.6 Å². The predicted octanol–water partition coefficient (Wildman–Crippen LogP) is 6.06. The Morgan fingerprint density at radius 2 is 1.38 bits per heavy atom. The van der Waals surface area contributed by atoms with E-state index in [1.165, 1.54) is 12.1 Å². The summed E-state index contributed by atoms with van der Waals surface area (Å²) in [5.41, 5.74) is 3.42. The number of rotatable bonds is 5. The first kappa shape index (κ1) is 24.1. The number of hydrogen-bond acceptors (Lipinski definition) is 4. The fraction of sp³-hybridized carbons (Fsp3) is 0.0345. The lowest BCUT2D eigenvalue weighted by Gasteiger charge is -2.15. The number of carbonyl (C=O) groups excluding carboxylic acids is 4. The van der Waals surface area contributed by atoms with E-state index < -0.39 is 11.8 Å². The molecule has 4 amide bonds. The second-order valence-electron chi connectivity index (χ2n) is 8.49. The number of halogens is 1. The van der Waals surface area contributed by atoms with E-state index in [9.17, 15) is 19.2 Å². The molecule has 0 aliphatic carbocycles. The summed E-state index contributed by atoms with van der Waals surface area (Å²) in [5, 5.41) is 5.59.